The lowest BCUT2D eigenvalue weighted by Crippen LogP contribution is -2.33. The smallest absolute Gasteiger partial charge is 0.231 e. The second-order valence-electron chi connectivity index (χ2n) is 5.12. The molecule has 0 saturated carbocycles. The van der Waals surface area contributed by atoms with Gasteiger partial charge in [-0.05, 0) is 25.5 Å². The van der Waals surface area contributed by atoms with Gasteiger partial charge in [0.2, 0.25) is 11.9 Å². The molecule has 1 aliphatic rings. The maximum atomic E-state index is 11.2. The molecule has 1 amide bonds. The second-order valence-corrected chi connectivity index (χ2v) is 5.12. The summed E-state index contributed by atoms with van der Waals surface area (Å²) in [4.78, 5) is 30.0. The lowest BCUT2D eigenvalue weighted by Gasteiger charge is -2.22. The van der Waals surface area contributed by atoms with Crippen molar-refractivity contribution in [3.63, 3.8) is 0 Å². The molecule has 2 aromatic heterocycles. The molecule has 0 bridgehead atoms. The minimum absolute atomic E-state index is 0.0953. The third-order valence-electron chi connectivity index (χ3n) is 3.54. The number of nitrogens with one attached hydrogen (secondary N) is 1. The Bertz CT molecular complexity index is 649. The number of anilines is 2. The summed E-state index contributed by atoms with van der Waals surface area (Å²) in [5.74, 6) is 0.725. The Hall–Kier alpha value is -2.61. The first-order chi connectivity index (χ1) is 10.7. The number of likely N-dealkylation sites (tertiary alicyclic amines) is 1. The maximum absolute atomic E-state index is 11.2. The van der Waals surface area contributed by atoms with Crippen molar-refractivity contribution in [2.24, 2.45) is 5.73 Å². The van der Waals surface area contributed by atoms with Crippen molar-refractivity contribution in [3.8, 4) is 0 Å². The van der Waals surface area contributed by atoms with Crippen LogP contribution in [0.5, 0.6) is 0 Å². The van der Waals surface area contributed by atoms with Crippen LogP contribution in [0.1, 0.15) is 24.6 Å². The van der Waals surface area contributed by atoms with Gasteiger partial charge in [-0.15, -0.1) is 0 Å². The van der Waals surface area contributed by atoms with Gasteiger partial charge in [-0.2, -0.15) is 0 Å². The Morgan fingerprint density at radius 1 is 1.36 bits per heavy atom. The second kappa shape index (κ2) is 6.44. The highest BCUT2D eigenvalue weighted by Gasteiger charge is 2.28. The molecule has 2 aromatic rings. The van der Waals surface area contributed by atoms with E-state index in [-0.39, 0.29) is 18.5 Å². The van der Waals surface area contributed by atoms with Gasteiger partial charge < -0.3 is 11.1 Å². The van der Waals surface area contributed by atoms with Gasteiger partial charge in [0.25, 0.3) is 0 Å². The number of carbonyl (C=O) groups excluding carboxylic acids is 1. The standard InChI is InChI=1S/C14H17N7O/c15-12(22)9-21-7-1-2-11(21)10-3-4-18-14(19-10)20-13-8-16-5-6-17-13/h3-6,8,11H,1-2,7,9H2,(H2,15,22)(H,17,18,19,20). The fourth-order valence-corrected chi connectivity index (χ4v) is 2.65. The molecule has 3 rings (SSSR count). The van der Waals surface area contributed by atoms with E-state index in [1.165, 1.54) is 0 Å². The van der Waals surface area contributed by atoms with Crippen LogP contribution in [0, 0.1) is 0 Å². The molecule has 1 atom stereocenters. The SMILES string of the molecule is NC(=O)CN1CCCC1c1ccnc(Nc2cnccn2)n1. The monoisotopic (exact) mass is 299 g/mol. The third-order valence-corrected chi connectivity index (χ3v) is 3.54. The highest BCUT2D eigenvalue weighted by molar-refractivity contribution is 5.76. The quantitative estimate of drug-likeness (QED) is 0.833. The average molecular weight is 299 g/mol. The normalized spacial score (nSPS) is 18.3. The van der Waals surface area contributed by atoms with Crippen LogP contribution in [0.25, 0.3) is 0 Å². The van der Waals surface area contributed by atoms with Gasteiger partial charge in [-0.3, -0.25) is 14.7 Å². The minimum Gasteiger partial charge on any atom is -0.369 e. The Balaban J connectivity index is 1.77. The van der Waals surface area contributed by atoms with E-state index in [9.17, 15) is 4.79 Å². The van der Waals surface area contributed by atoms with Crippen LogP contribution in [0.3, 0.4) is 0 Å². The molecule has 3 heterocycles. The first-order valence-electron chi connectivity index (χ1n) is 7.11. The van der Waals surface area contributed by atoms with Crippen LogP contribution in [-0.4, -0.2) is 43.8 Å². The molecular formula is C14H17N7O. The van der Waals surface area contributed by atoms with Crippen LogP contribution < -0.4 is 11.1 Å². The van der Waals surface area contributed by atoms with Crippen LogP contribution in [0.4, 0.5) is 11.8 Å². The number of nitrogens with zero attached hydrogens (tertiary/aromatic N) is 5. The number of aromatic nitrogens is 4. The van der Waals surface area contributed by atoms with Crippen LogP contribution in [0.2, 0.25) is 0 Å². The summed E-state index contributed by atoms with van der Waals surface area (Å²) in [5, 5.41) is 3.02. The zero-order valence-corrected chi connectivity index (χ0v) is 12.0. The Kier molecular flexibility index (Phi) is 4.19. The van der Waals surface area contributed by atoms with E-state index in [4.69, 9.17) is 5.73 Å². The van der Waals surface area contributed by atoms with Crippen LogP contribution in [-0.2, 0) is 4.79 Å². The zero-order valence-electron chi connectivity index (χ0n) is 12.0. The largest absolute Gasteiger partial charge is 0.369 e. The highest BCUT2D eigenvalue weighted by atomic mass is 16.1. The minimum atomic E-state index is -0.320. The molecule has 114 valence electrons. The van der Waals surface area contributed by atoms with Gasteiger partial charge in [0.15, 0.2) is 5.82 Å². The fourth-order valence-electron chi connectivity index (χ4n) is 2.65. The van der Waals surface area contributed by atoms with Crippen molar-refractivity contribution in [2.75, 3.05) is 18.4 Å². The van der Waals surface area contributed by atoms with E-state index in [2.05, 4.69) is 30.2 Å². The number of carbonyl (C=O) groups is 1. The highest BCUT2D eigenvalue weighted by Crippen LogP contribution is 2.30. The molecule has 0 aliphatic carbocycles. The fraction of sp³-hybridized carbons (Fsp3) is 0.357. The number of hydrogen-bond donors (Lipinski definition) is 2. The van der Waals surface area contributed by atoms with Crippen molar-refractivity contribution in [1.29, 1.82) is 0 Å². The molecule has 1 saturated heterocycles. The summed E-state index contributed by atoms with van der Waals surface area (Å²) in [5.41, 5.74) is 6.18. The molecule has 22 heavy (non-hydrogen) atoms. The number of amides is 1. The molecule has 1 aliphatic heterocycles. The number of rotatable bonds is 5. The first kappa shape index (κ1) is 14.3. The number of hydrogen-bond acceptors (Lipinski definition) is 7. The lowest BCUT2D eigenvalue weighted by molar-refractivity contribution is -0.119. The molecule has 3 N–H and O–H groups in total. The Morgan fingerprint density at radius 2 is 2.27 bits per heavy atom. The van der Waals surface area contributed by atoms with E-state index in [0.29, 0.717) is 11.8 Å². The molecule has 8 heteroatoms. The molecule has 0 radical (unpaired) electrons. The predicted molar refractivity (Wildman–Crippen MR) is 80.1 cm³/mol. The summed E-state index contributed by atoms with van der Waals surface area (Å²) in [7, 11) is 0. The molecule has 1 fully saturated rings. The summed E-state index contributed by atoms with van der Waals surface area (Å²) in [6.45, 7) is 1.10. The van der Waals surface area contributed by atoms with Crippen molar-refractivity contribution in [2.45, 2.75) is 18.9 Å². The van der Waals surface area contributed by atoms with E-state index in [1.807, 2.05) is 6.07 Å². The molecule has 1 unspecified atom stereocenters. The number of primary amides is 1. The lowest BCUT2D eigenvalue weighted by atomic mass is 10.1. The van der Waals surface area contributed by atoms with Crippen molar-refractivity contribution >= 4 is 17.7 Å². The predicted octanol–water partition coefficient (Wildman–Crippen LogP) is 0.632. The van der Waals surface area contributed by atoms with Crippen molar-refractivity contribution in [3.05, 3.63) is 36.5 Å². The summed E-state index contributed by atoms with van der Waals surface area (Å²) in [6.07, 6.45) is 8.47. The number of nitrogens with two attached hydrogens (primary N) is 1. The first-order valence-corrected chi connectivity index (χ1v) is 7.11. The molecule has 8 nitrogen and oxygen atoms in total. The van der Waals surface area contributed by atoms with Gasteiger partial charge in [0.1, 0.15) is 0 Å². The van der Waals surface area contributed by atoms with Gasteiger partial charge >= 0.3 is 0 Å². The molecule has 0 aromatic carbocycles. The summed E-state index contributed by atoms with van der Waals surface area (Å²) < 4.78 is 0. The Morgan fingerprint density at radius 3 is 3.05 bits per heavy atom. The molecule has 0 spiro atoms. The topological polar surface area (TPSA) is 110 Å². The van der Waals surface area contributed by atoms with E-state index >= 15 is 0 Å². The van der Waals surface area contributed by atoms with Gasteiger partial charge in [-0.1, -0.05) is 0 Å². The summed E-state index contributed by atoms with van der Waals surface area (Å²) in [6, 6.07) is 1.96. The van der Waals surface area contributed by atoms with Crippen molar-refractivity contribution in [1.82, 2.24) is 24.8 Å². The van der Waals surface area contributed by atoms with Crippen LogP contribution >= 0.6 is 0 Å². The van der Waals surface area contributed by atoms with E-state index < -0.39 is 0 Å². The molecular weight excluding hydrogens is 282 g/mol. The Labute approximate surface area is 127 Å². The van der Waals surface area contributed by atoms with E-state index in [0.717, 1.165) is 25.1 Å². The van der Waals surface area contributed by atoms with Crippen molar-refractivity contribution < 1.29 is 4.79 Å². The zero-order chi connectivity index (χ0) is 15.4. The van der Waals surface area contributed by atoms with Gasteiger partial charge in [0.05, 0.1) is 24.5 Å². The summed E-state index contributed by atoms with van der Waals surface area (Å²) >= 11 is 0. The van der Waals surface area contributed by atoms with Gasteiger partial charge in [-0.25, -0.2) is 15.0 Å². The third kappa shape index (κ3) is 3.34. The van der Waals surface area contributed by atoms with Gasteiger partial charge in [0, 0.05) is 18.6 Å². The van der Waals surface area contributed by atoms with E-state index in [1.54, 1.807) is 24.8 Å². The average Bonchev–Trinajstić information content (AvgIpc) is 2.96. The van der Waals surface area contributed by atoms with Crippen LogP contribution in [0.15, 0.2) is 30.9 Å². The maximum Gasteiger partial charge on any atom is 0.231 e.